The van der Waals surface area contributed by atoms with Gasteiger partial charge in [-0.15, -0.1) is 0 Å². The van der Waals surface area contributed by atoms with E-state index in [1.165, 1.54) is 0 Å². The quantitative estimate of drug-likeness (QED) is 0.905. The van der Waals surface area contributed by atoms with Crippen LogP contribution in [0.15, 0.2) is 22.8 Å². The van der Waals surface area contributed by atoms with E-state index in [4.69, 9.17) is 9.52 Å². The summed E-state index contributed by atoms with van der Waals surface area (Å²) in [5, 5.41) is 8.82. The first-order chi connectivity index (χ1) is 10.1. The first kappa shape index (κ1) is 15.4. The van der Waals surface area contributed by atoms with Crippen molar-refractivity contribution in [3.8, 4) is 0 Å². The van der Waals surface area contributed by atoms with E-state index >= 15 is 0 Å². The number of urea groups is 1. The third kappa shape index (κ3) is 4.24. The van der Waals surface area contributed by atoms with E-state index in [-0.39, 0.29) is 18.5 Å². The molecule has 1 saturated heterocycles. The highest BCUT2D eigenvalue weighted by Crippen LogP contribution is 2.22. The second-order valence-corrected chi connectivity index (χ2v) is 5.49. The van der Waals surface area contributed by atoms with Gasteiger partial charge in [0.15, 0.2) is 0 Å². The smallest absolute Gasteiger partial charge is 0.320 e. The van der Waals surface area contributed by atoms with Crippen molar-refractivity contribution in [1.29, 1.82) is 0 Å². The predicted octanol–water partition coefficient (Wildman–Crippen LogP) is 2.55. The summed E-state index contributed by atoms with van der Waals surface area (Å²) in [6, 6.07) is 3.61. The molecule has 0 spiro atoms. The Kier molecular flexibility index (Phi) is 5.25. The van der Waals surface area contributed by atoms with Gasteiger partial charge in [-0.1, -0.05) is 0 Å². The second-order valence-electron chi connectivity index (χ2n) is 5.49. The molecule has 1 aromatic heterocycles. The molecule has 0 saturated carbocycles. The number of nitrogens with zero attached hydrogens (tertiary/aromatic N) is 2. The van der Waals surface area contributed by atoms with Crippen LogP contribution < -0.4 is 0 Å². The number of piperidine rings is 1. The van der Waals surface area contributed by atoms with Gasteiger partial charge in [0.1, 0.15) is 5.76 Å². The fourth-order valence-corrected chi connectivity index (χ4v) is 2.77. The molecule has 2 heterocycles. The van der Waals surface area contributed by atoms with E-state index in [0.717, 1.165) is 25.0 Å². The Morgan fingerprint density at radius 1 is 1.48 bits per heavy atom. The Hall–Kier alpha value is -1.98. The first-order valence-corrected chi connectivity index (χ1v) is 7.34. The number of likely N-dealkylation sites (tertiary alicyclic amines) is 1. The lowest BCUT2D eigenvalue weighted by Gasteiger charge is -2.37. The summed E-state index contributed by atoms with van der Waals surface area (Å²) in [7, 11) is 1.74. The molecule has 1 fully saturated rings. The van der Waals surface area contributed by atoms with E-state index in [1.54, 1.807) is 24.3 Å². The van der Waals surface area contributed by atoms with Crippen molar-refractivity contribution in [3.05, 3.63) is 24.2 Å². The van der Waals surface area contributed by atoms with Crippen molar-refractivity contribution in [2.75, 3.05) is 13.6 Å². The number of carbonyl (C=O) groups excluding carboxylic acids is 1. The van der Waals surface area contributed by atoms with Gasteiger partial charge in [0, 0.05) is 26.1 Å². The number of hydrogen-bond acceptors (Lipinski definition) is 3. The van der Waals surface area contributed by atoms with Crippen LogP contribution in [-0.2, 0) is 11.3 Å². The van der Waals surface area contributed by atoms with Crippen LogP contribution in [0.4, 0.5) is 4.79 Å². The van der Waals surface area contributed by atoms with Crippen LogP contribution in [-0.4, -0.2) is 46.5 Å². The Balaban J connectivity index is 1.95. The lowest BCUT2D eigenvalue weighted by atomic mass is 9.98. The minimum atomic E-state index is -0.808. The first-order valence-electron chi connectivity index (χ1n) is 7.34. The largest absolute Gasteiger partial charge is 0.481 e. The molecule has 0 radical (unpaired) electrons. The van der Waals surface area contributed by atoms with Gasteiger partial charge >= 0.3 is 12.0 Å². The third-order valence-corrected chi connectivity index (χ3v) is 3.86. The molecule has 2 rings (SSSR count). The third-order valence-electron chi connectivity index (χ3n) is 3.86. The average Bonchev–Trinajstić information content (AvgIpc) is 2.97. The Morgan fingerprint density at radius 2 is 2.29 bits per heavy atom. The normalized spacial score (nSPS) is 18.5. The Morgan fingerprint density at radius 3 is 2.95 bits per heavy atom. The summed E-state index contributed by atoms with van der Waals surface area (Å²) in [6.07, 6.45) is 5.13. The average molecular weight is 294 g/mol. The van der Waals surface area contributed by atoms with Gasteiger partial charge in [-0.2, -0.15) is 0 Å². The maximum absolute atomic E-state index is 12.5. The van der Waals surface area contributed by atoms with Crippen molar-refractivity contribution in [2.45, 2.75) is 44.7 Å². The molecule has 6 heteroatoms. The number of hydrogen-bond donors (Lipinski definition) is 1. The van der Waals surface area contributed by atoms with Crippen LogP contribution in [0.25, 0.3) is 0 Å². The van der Waals surface area contributed by atoms with Crippen LogP contribution in [0, 0.1) is 0 Å². The summed E-state index contributed by atoms with van der Waals surface area (Å²) in [5.41, 5.74) is 0. The van der Waals surface area contributed by atoms with Gasteiger partial charge in [-0.05, 0) is 37.8 Å². The zero-order valence-corrected chi connectivity index (χ0v) is 12.3. The van der Waals surface area contributed by atoms with Crippen molar-refractivity contribution < 1.29 is 19.1 Å². The monoisotopic (exact) mass is 294 g/mol. The maximum Gasteiger partial charge on any atom is 0.320 e. The number of carboxylic acids is 1. The summed E-state index contributed by atoms with van der Waals surface area (Å²) >= 11 is 0. The van der Waals surface area contributed by atoms with E-state index in [1.807, 2.05) is 11.0 Å². The van der Waals surface area contributed by atoms with Crippen LogP contribution in [0.1, 0.15) is 37.9 Å². The van der Waals surface area contributed by atoms with Gasteiger partial charge in [0.05, 0.1) is 12.8 Å². The van der Waals surface area contributed by atoms with E-state index < -0.39 is 5.97 Å². The van der Waals surface area contributed by atoms with E-state index in [2.05, 4.69) is 0 Å². The topological polar surface area (TPSA) is 74.0 Å². The number of furan rings is 1. The molecule has 1 N–H and O–H groups in total. The van der Waals surface area contributed by atoms with Crippen LogP contribution in [0.5, 0.6) is 0 Å². The standard InChI is InChI=1S/C15H22N2O4/c1-16(11-13-6-4-10-21-13)15(20)17-9-3-2-5-12(17)7-8-14(18)19/h4,6,10,12H,2-3,5,7-9,11H2,1H3,(H,18,19). The molecule has 1 aromatic rings. The minimum Gasteiger partial charge on any atom is -0.481 e. The summed E-state index contributed by atoms with van der Waals surface area (Å²) in [5.74, 6) is -0.0677. The second kappa shape index (κ2) is 7.15. The molecular formula is C15H22N2O4. The molecule has 1 unspecified atom stereocenters. The van der Waals surface area contributed by atoms with Crippen molar-refractivity contribution in [3.63, 3.8) is 0 Å². The zero-order valence-electron chi connectivity index (χ0n) is 12.3. The van der Waals surface area contributed by atoms with Gasteiger partial charge < -0.3 is 19.3 Å². The fraction of sp³-hybridized carbons (Fsp3) is 0.600. The van der Waals surface area contributed by atoms with Gasteiger partial charge in [-0.25, -0.2) is 4.79 Å². The number of rotatable bonds is 5. The SMILES string of the molecule is CN(Cc1ccco1)C(=O)N1CCCCC1CCC(=O)O. The van der Waals surface area contributed by atoms with Crippen LogP contribution in [0.2, 0.25) is 0 Å². The Labute approximate surface area is 124 Å². The molecule has 21 heavy (non-hydrogen) atoms. The zero-order chi connectivity index (χ0) is 15.2. The van der Waals surface area contributed by atoms with Gasteiger partial charge in [-0.3, -0.25) is 4.79 Å². The Bertz CT molecular complexity index is 472. The lowest BCUT2D eigenvalue weighted by Crippen LogP contribution is -2.49. The molecule has 0 aliphatic carbocycles. The highest BCUT2D eigenvalue weighted by atomic mass is 16.4. The minimum absolute atomic E-state index is 0.0291. The van der Waals surface area contributed by atoms with Crippen LogP contribution in [0.3, 0.4) is 0 Å². The van der Waals surface area contributed by atoms with Crippen molar-refractivity contribution in [2.24, 2.45) is 0 Å². The van der Waals surface area contributed by atoms with Crippen molar-refractivity contribution in [1.82, 2.24) is 9.80 Å². The molecule has 0 aromatic carbocycles. The molecule has 1 aliphatic rings. The number of carbonyl (C=O) groups is 2. The van der Waals surface area contributed by atoms with Gasteiger partial charge in [0.25, 0.3) is 0 Å². The molecule has 1 aliphatic heterocycles. The lowest BCUT2D eigenvalue weighted by molar-refractivity contribution is -0.137. The van der Waals surface area contributed by atoms with E-state index in [0.29, 0.717) is 19.5 Å². The van der Waals surface area contributed by atoms with Crippen molar-refractivity contribution >= 4 is 12.0 Å². The number of aliphatic carboxylic acids is 1. The number of amides is 2. The predicted molar refractivity (Wildman–Crippen MR) is 76.8 cm³/mol. The fourth-order valence-electron chi connectivity index (χ4n) is 2.77. The molecule has 2 amide bonds. The van der Waals surface area contributed by atoms with Crippen LogP contribution >= 0.6 is 0 Å². The molecule has 116 valence electrons. The highest BCUT2D eigenvalue weighted by molar-refractivity contribution is 5.74. The van der Waals surface area contributed by atoms with E-state index in [9.17, 15) is 9.59 Å². The number of carboxylic acid groups (broad SMARTS) is 1. The molecule has 1 atom stereocenters. The maximum atomic E-state index is 12.5. The summed E-state index contributed by atoms with van der Waals surface area (Å²) in [6.45, 7) is 1.12. The summed E-state index contributed by atoms with van der Waals surface area (Å²) in [4.78, 5) is 26.7. The summed E-state index contributed by atoms with van der Waals surface area (Å²) < 4.78 is 5.26. The highest BCUT2D eigenvalue weighted by Gasteiger charge is 2.29. The molecule has 6 nitrogen and oxygen atoms in total. The molecule has 0 bridgehead atoms. The molecular weight excluding hydrogens is 272 g/mol. The van der Waals surface area contributed by atoms with Gasteiger partial charge in [0.2, 0.25) is 0 Å².